The first kappa shape index (κ1) is 31.3. The molecule has 6 nitrogen and oxygen atoms in total. The lowest BCUT2D eigenvalue weighted by molar-refractivity contribution is -0.137. The van der Waals surface area contributed by atoms with Gasteiger partial charge in [0.05, 0.1) is 11.6 Å². The molecule has 1 amide bonds. The minimum absolute atomic E-state index is 0.0670. The molecule has 0 aliphatic carbocycles. The number of nitrogens with one attached hydrogen (secondary N) is 2. The van der Waals surface area contributed by atoms with Gasteiger partial charge in [0.1, 0.15) is 12.4 Å². The molecule has 2 aromatic rings. The Hall–Kier alpha value is -2.91. The molecule has 0 aliphatic heterocycles. The predicted octanol–water partition coefficient (Wildman–Crippen LogP) is 5.12. The van der Waals surface area contributed by atoms with Crippen molar-refractivity contribution in [2.24, 2.45) is 0 Å². The van der Waals surface area contributed by atoms with Gasteiger partial charge < -0.3 is 20.3 Å². The zero-order chi connectivity index (χ0) is 28.0. The average molecular weight is 536 g/mol. The van der Waals surface area contributed by atoms with Crippen molar-refractivity contribution in [1.82, 2.24) is 15.5 Å². The summed E-state index contributed by atoms with van der Waals surface area (Å²) in [6.45, 7) is 11.1. The zero-order valence-corrected chi connectivity index (χ0v) is 22.6. The van der Waals surface area contributed by atoms with Gasteiger partial charge >= 0.3 is 6.18 Å². The number of amides is 1. The number of hydrogen-bond donors (Lipinski definition) is 2. The summed E-state index contributed by atoms with van der Waals surface area (Å²) < 4.78 is 44.5. The van der Waals surface area contributed by atoms with Crippen molar-refractivity contribution >= 4 is 11.7 Å². The first-order valence-electron chi connectivity index (χ1n) is 13.3. The van der Waals surface area contributed by atoms with Crippen molar-refractivity contribution in [2.75, 3.05) is 39.3 Å². The standard InChI is InChI=1S/C29H40F3N3O3/c1-4-17-33-18-7-8-27(36)26(34-28(37)23-11-13-24(14-12-23)29(30,31)32)21-22-9-15-25(16-10-22)38-20-19-35(5-2)6-3/h9-16,26,33H,4-8,17-21H2,1-3H3,(H,34,37). The van der Waals surface area contributed by atoms with E-state index in [9.17, 15) is 22.8 Å². The molecule has 1 unspecified atom stereocenters. The number of rotatable bonds is 17. The van der Waals surface area contributed by atoms with Crippen LogP contribution >= 0.6 is 0 Å². The number of halogens is 3. The van der Waals surface area contributed by atoms with Crippen LogP contribution in [0, 0.1) is 0 Å². The van der Waals surface area contributed by atoms with Crippen LogP contribution in [0.15, 0.2) is 48.5 Å². The van der Waals surface area contributed by atoms with Crippen LogP contribution in [0.5, 0.6) is 5.75 Å². The van der Waals surface area contributed by atoms with Gasteiger partial charge in [0.25, 0.3) is 5.91 Å². The molecule has 38 heavy (non-hydrogen) atoms. The number of carbonyl (C=O) groups excluding carboxylic acids is 2. The third-order valence-corrected chi connectivity index (χ3v) is 6.31. The Morgan fingerprint density at radius 2 is 1.61 bits per heavy atom. The van der Waals surface area contributed by atoms with Crippen molar-refractivity contribution in [2.45, 2.75) is 58.7 Å². The van der Waals surface area contributed by atoms with Gasteiger partial charge in [-0.15, -0.1) is 0 Å². The second-order valence-electron chi connectivity index (χ2n) is 9.14. The smallest absolute Gasteiger partial charge is 0.416 e. The van der Waals surface area contributed by atoms with Crippen molar-refractivity contribution in [3.05, 3.63) is 65.2 Å². The van der Waals surface area contributed by atoms with E-state index in [4.69, 9.17) is 4.74 Å². The van der Waals surface area contributed by atoms with Gasteiger partial charge in [-0.05, 0) is 87.4 Å². The maximum absolute atomic E-state index is 13.0. The number of likely N-dealkylation sites (N-methyl/N-ethyl adjacent to an activating group) is 1. The van der Waals surface area contributed by atoms with E-state index in [1.54, 1.807) is 0 Å². The minimum atomic E-state index is -4.49. The van der Waals surface area contributed by atoms with Crippen LogP contribution in [-0.4, -0.2) is 62.0 Å². The molecule has 0 fully saturated rings. The van der Waals surface area contributed by atoms with Crippen LogP contribution in [0.1, 0.15) is 61.5 Å². The number of nitrogens with zero attached hydrogens (tertiary/aromatic N) is 1. The summed E-state index contributed by atoms with van der Waals surface area (Å²) >= 11 is 0. The molecule has 9 heteroatoms. The summed E-state index contributed by atoms with van der Waals surface area (Å²) in [6.07, 6.45) is -2.31. The summed E-state index contributed by atoms with van der Waals surface area (Å²) in [5.41, 5.74) is 0.0780. The molecule has 0 spiro atoms. The first-order chi connectivity index (χ1) is 18.2. The quantitative estimate of drug-likeness (QED) is 0.275. The van der Waals surface area contributed by atoms with E-state index in [1.807, 2.05) is 24.3 Å². The van der Waals surface area contributed by atoms with Gasteiger partial charge in [0.2, 0.25) is 0 Å². The molecular formula is C29H40F3N3O3. The number of carbonyl (C=O) groups is 2. The third kappa shape index (κ3) is 10.8. The highest BCUT2D eigenvalue weighted by atomic mass is 19.4. The molecule has 0 aliphatic rings. The number of hydrogen-bond acceptors (Lipinski definition) is 5. The summed E-state index contributed by atoms with van der Waals surface area (Å²) in [5, 5.41) is 5.99. The van der Waals surface area contributed by atoms with Crippen LogP contribution < -0.4 is 15.4 Å². The normalized spacial score (nSPS) is 12.4. The molecule has 0 bridgehead atoms. The summed E-state index contributed by atoms with van der Waals surface area (Å²) in [4.78, 5) is 28.1. The van der Waals surface area contributed by atoms with E-state index in [0.29, 0.717) is 19.6 Å². The van der Waals surface area contributed by atoms with Crippen LogP contribution in [0.4, 0.5) is 13.2 Å². The van der Waals surface area contributed by atoms with Gasteiger partial charge in [0, 0.05) is 18.5 Å². The maximum Gasteiger partial charge on any atom is 0.416 e. The highest BCUT2D eigenvalue weighted by Crippen LogP contribution is 2.29. The van der Waals surface area contributed by atoms with Crippen LogP contribution in [-0.2, 0) is 17.4 Å². The number of Topliss-reactive ketones (excluding diaryl/α,β-unsaturated/α-hetero) is 1. The maximum atomic E-state index is 13.0. The second-order valence-corrected chi connectivity index (χ2v) is 9.14. The lowest BCUT2D eigenvalue weighted by atomic mass is 9.98. The average Bonchev–Trinajstić information content (AvgIpc) is 2.91. The van der Waals surface area contributed by atoms with Gasteiger partial charge in [-0.2, -0.15) is 13.2 Å². The van der Waals surface area contributed by atoms with Crippen molar-refractivity contribution in [3.63, 3.8) is 0 Å². The monoisotopic (exact) mass is 535 g/mol. The number of benzene rings is 2. The topological polar surface area (TPSA) is 70.7 Å². The molecular weight excluding hydrogens is 495 g/mol. The Morgan fingerprint density at radius 1 is 0.947 bits per heavy atom. The highest BCUT2D eigenvalue weighted by Gasteiger charge is 2.30. The van der Waals surface area contributed by atoms with Gasteiger partial charge in [-0.25, -0.2) is 0 Å². The summed E-state index contributed by atoms with van der Waals surface area (Å²) in [7, 11) is 0. The fraction of sp³-hybridized carbons (Fsp3) is 0.517. The molecule has 0 aromatic heterocycles. The van der Waals surface area contributed by atoms with Crippen LogP contribution in [0.3, 0.4) is 0 Å². The molecule has 2 N–H and O–H groups in total. The summed E-state index contributed by atoms with van der Waals surface area (Å²) in [5.74, 6) is 0.0141. The third-order valence-electron chi connectivity index (χ3n) is 6.31. The van der Waals surface area contributed by atoms with E-state index in [1.165, 1.54) is 0 Å². The largest absolute Gasteiger partial charge is 0.492 e. The van der Waals surface area contributed by atoms with E-state index >= 15 is 0 Å². The van der Waals surface area contributed by atoms with E-state index in [2.05, 4.69) is 36.3 Å². The molecule has 0 heterocycles. The Labute approximate surface area is 223 Å². The molecule has 2 rings (SSSR count). The van der Waals surface area contributed by atoms with Gasteiger partial charge in [-0.3, -0.25) is 9.59 Å². The van der Waals surface area contributed by atoms with E-state index in [0.717, 1.165) is 68.2 Å². The fourth-order valence-electron chi connectivity index (χ4n) is 3.95. The van der Waals surface area contributed by atoms with Crippen LogP contribution in [0.25, 0.3) is 0 Å². The molecule has 2 aromatic carbocycles. The Kier molecular flexibility index (Phi) is 13.3. The van der Waals surface area contributed by atoms with Gasteiger partial charge in [0.15, 0.2) is 5.78 Å². The second kappa shape index (κ2) is 16.1. The molecule has 0 saturated heterocycles. The van der Waals surface area contributed by atoms with Crippen molar-refractivity contribution < 1.29 is 27.5 Å². The minimum Gasteiger partial charge on any atom is -0.492 e. The number of ketones is 1. The van der Waals surface area contributed by atoms with Gasteiger partial charge in [-0.1, -0.05) is 32.9 Å². The Morgan fingerprint density at radius 3 is 2.18 bits per heavy atom. The summed E-state index contributed by atoms with van der Waals surface area (Å²) in [6, 6.07) is 10.6. The lowest BCUT2D eigenvalue weighted by Gasteiger charge is -2.19. The lowest BCUT2D eigenvalue weighted by Crippen LogP contribution is -2.42. The Bertz CT molecular complexity index is 975. The highest BCUT2D eigenvalue weighted by molar-refractivity contribution is 5.98. The Balaban J connectivity index is 2.05. The molecule has 0 saturated carbocycles. The van der Waals surface area contributed by atoms with E-state index in [-0.39, 0.29) is 24.2 Å². The van der Waals surface area contributed by atoms with E-state index < -0.39 is 23.7 Å². The molecule has 210 valence electrons. The fourth-order valence-corrected chi connectivity index (χ4v) is 3.95. The number of ether oxygens (including phenoxy) is 1. The van der Waals surface area contributed by atoms with Crippen LogP contribution in [0.2, 0.25) is 0 Å². The zero-order valence-electron chi connectivity index (χ0n) is 22.6. The molecule has 0 radical (unpaired) electrons. The first-order valence-corrected chi connectivity index (χ1v) is 13.3. The molecule has 1 atom stereocenters. The van der Waals surface area contributed by atoms with Crippen molar-refractivity contribution in [1.29, 1.82) is 0 Å². The number of alkyl halides is 3. The SMILES string of the molecule is CCCNCCCC(=O)C(Cc1ccc(OCCN(CC)CC)cc1)NC(=O)c1ccc(C(F)(F)F)cc1. The predicted molar refractivity (Wildman–Crippen MR) is 144 cm³/mol. The van der Waals surface area contributed by atoms with Crippen molar-refractivity contribution in [3.8, 4) is 5.75 Å².